The van der Waals surface area contributed by atoms with Crippen LogP contribution in [0.1, 0.15) is 26.2 Å². The lowest BCUT2D eigenvalue weighted by Gasteiger charge is -2.07. The smallest absolute Gasteiger partial charge is 0.0937 e. The fourth-order valence-corrected chi connectivity index (χ4v) is 1.76. The second-order valence-corrected chi connectivity index (χ2v) is 4.00. The summed E-state index contributed by atoms with van der Waals surface area (Å²) >= 11 is 0. The van der Waals surface area contributed by atoms with Gasteiger partial charge in [0.15, 0.2) is 0 Å². The van der Waals surface area contributed by atoms with E-state index in [1.807, 2.05) is 0 Å². The third-order valence-electron chi connectivity index (χ3n) is 2.55. The van der Waals surface area contributed by atoms with Gasteiger partial charge in [0.1, 0.15) is 0 Å². The number of likely N-dealkylation sites (tertiary alicyclic amines) is 1. The molecular weight excluding hydrogens is 162 g/mol. The van der Waals surface area contributed by atoms with Gasteiger partial charge in [-0.25, -0.2) is 0 Å². The summed E-state index contributed by atoms with van der Waals surface area (Å²) in [5, 5.41) is 0. The number of hydrogen-bond acceptors (Lipinski definition) is 2. The van der Waals surface area contributed by atoms with Crippen molar-refractivity contribution in [3.8, 4) is 0 Å². The van der Waals surface area contributed by atoms with Crippen molar-refractivity contribution in [2.45, 2.75) is 26.2 Å². The topological polar surface area (TPSA) is 41.6 Å². The molecule has 0 aromatic rings. The van der Waals surface area contributed by atoms with E-state index in [9.17, 15) is 0 Å². The maximum atomic E-state index is 5.73. The predicted octanol–water partition coefficient (Wildman–Crippen LogP) is 1.10. The van der Waals surface area contributed by atoms with Gasteiger partial charge in [0.25, 0.3) is 0 Å². The summed E-state index contributed by atoms with van der Waals surface area (Å²) in [6.07, 6.45) is 3.32. The van der Waals surface area contributed by atoms with Crippen LogP contribution in [0.5, 0.6) is 0 Å². The van der Waals surface area contributed by atoms with Crippen molar-refractivity contribution in [3.63, 3.8) is 0 Å². The van der Waals surface area contributed by atoms with Crippen LogP contribution in [0.3, 0.4) is 0 Å². The predicted molar refractivity (Wildman–Crippen MR) is 57.0 cm³/mol. The molecule has 3 heteroatoms. The van der Waals surface area contributed by atoms with Crippen LogP contribution < -0.4 is 5.73 Å². The van der Waals surface area contributed by atoms with E-state index in [-0.39, 0.29) is 0 Å². The molecule has 0 aromatic carbocycles. The van der Waals surface area contributed by atoms with Crippen LogP contribution in [0.2, 0.25) is 0 Å². The van der Waals surface area contributed by atoms with Gasteiger partial charge in [-0.15, -0.1) is 0 Å². The van der Waals surface area contributed by atoms with E-state index >= 15 is 0 Å². The monoisotopic (exact) mass is 183 g/mol. The van der Waals surface area contributed by atoms with Gasteiger partial charge in [-0.2, -0.15) is 0 Å². The lowest BCUT2D eigenvalue weighted by molar-refractivity contribution is 0.397. The highest BCUT2D eigenvalue weighted by Gasteiger charge is 2.18. The third-order valence-corrected chi connectivity index (χ3v) is 2.55. The fraction of sp³-hybridized carbons (Fsp3) is 0.900. The molecular formula is C10H21N3. The normalized spacial score (nSPS) is 25.4. The Labute approximate surface area is 81.0 Å². The van der Waals surface area contributed by atoms with Gasteiger partial charge >= 0.3 is 0 Å². The zero-order valence-corrected chi connectivity index (χ0v) is 8.79. The molecule has 76 valence electrons. The maximum absolute atomic E-state index is 5.73. The van der Waals surface area contributed by atoms with Crippen LogP contribution in [0, 0.1) is 5.92 Å². The molecule has 0 aliphatic carbocycles. The van der Waals surface area contributed by atoms with Gasteiger partial charge in [-0.1, -0.05) is 6.92 Å². The first-order valence-corrected chi connectivity index (χ1v) is 5.19. The standard InChI is InChI=1S/C10H21N3/c1-3-4-10(11)12-7-9-5-6-13(2)8-9/h9H,3-8H2,1-2H3,(H2,11,12). The third kappa shape index (κ3) is 3.77. The van der Waals surface area contributed by atoms with Gasteiger partial charge in [0.05, 0.1) is 5.84 Å². The van der Waals surface area contributed by atoms with Crippen molar-refractivity contribution in [1.29, 1.82) is 0 Å². The molecule has 1 atom stereocenters. The van der Waals surface area contributed by atoms with Gasteiger partial charge in [0.2, 0.25) is 0 Å². The van der Waals surface area contributed by atoms with Crippen molar-refractivity contribution in [1.82, 2.24) is 4.90 Å². The van der Waals surface area contributed by atoms with Gasteiger partial charge < -0.3 is 10.6 Å². The lowest BCUT2D eigenvalue weighted by Crippen LogP contribution is -2.17. The molecule has 0 saturated carbocycles. The van der Waals surface area contributed by atoms with E-state index in [1.165, 1.54) is 19.5 Å². The molecule has 1 aliphatic heterocycles. The number of rotatable bonds is 4. The zero-order chi connectivity index (χ0) is 9.68. The Kier molecular flexibility index (Phi) is 4.22. The van der Waals surface area contributed by atoms with Crippen LogP contribution in [0.4, 0.5) is 0 Å². The number of hydrogen-bond donors (Lipinski definition) is 1. The molecule has 2 N–H and O–H groups in total. The Bertz CT molecular complexity index is 177. The van der Waals surface area contributed by atoms with E-state index in [2.05, 4.69) is 23.9 Å². The minimum absolute atomic E-state index is 0.736. The average Bonchev–Trinajstić information content (AvgIpc) is 2.49. The largest absolute Gasteiger partial charge is 0.387 e. The van der Waals surface area contributed by atoms with Crippen molar-refractivity contribution in [2.75, 3.05) is 26.7 Å². The summed E-state index contributed by atoms with van der Waals surface area (Å²) in [6.45, 7) is 5.46. The summed E-state index contributed by atoms with van der Waals surface area (Å²) in [5.74, 6) is 1.57. The Morgan fingerprint density at radius 2 is 2.38 bits per heavy atom. The van der Waals surface area contributed by atoms with Gasteiger partial charge in [-0.3, -0.25) is 4.99 Å². The molecule has 1 fully saturated rings. The Morgan fingerprint density at radius 1 is 1.62 bits per heavy atom. The van der Waals surface area contributed by atoms with E-state index in [0.717, 1.165) is 31.1 Å². The SMILES string of the molecule is CCCC(N)=NCC1CCN(C)C1. The summed E-state index contributed by atoms with van der Waals surface area (Å²) in [7, 11) is 2.17. The van der Waals surface area contributed by atoms with Gasteiger partial charge in [-0.05, 0) is 32.4 Å². The first-order valence-electron chi connectivity index (χ1n) is 5.19. The number of aliphatic imine (C=N–C) groups is 1. The van der Waals surface area contributed by atoms with E-state index in [0.29, 0.717) is 0 Å². The van der Waals surface area contributed by atoms with Crippen LogP contribution in [0.15, 0.2) is 4.99 Å². The molecule has 0 radical (unpaired) electrons. The van der Waals surface area contributed by atoms with E-state index in [4.69, 9.17) is 5.73 Å². The fourth-order valence-electron chi connectivity index (χ4n) is 1.76. The van der Waals surface area contributed by atoms with Crippen LogP contribution in [-0.4, -0.2) is 37.4 Å². The Morgan fingerprint density at radius 3 is 2.92 bits per heavy atom. The summed E-state index contributed by atoms with van der Waals surface area (Å²) in [6, 6.07) is 0. The van der Waals surface area contributed by atoms with Crippen molar-refractivity contribution >= 4 is 5.84 Å². The number of amidine groups is 1. The van der Waals surface area contributed by atoms with Gasteiger partial charge in [0, 0.05) is 19.5 Å². The molecule has 3 nitrogen and oxygen atoms in total. The quantitative estimate of drug-likeness (QED) is 0.524. The minimum atomic E-state index is 0.736. The molecule has 13 heavy (non-hydrogen) atoms. The Balaban J connectivity index is 2.21. The molecule has 1 aliphatic rings. The number of nitrogens with two attached hydrogens (primary N) is 1. The highest BCUT2D eigenvalue weighted by atomic mass is 15.1. The maximum Gasteiger partial charge on any atom is 0.0937 e. The summed E-state index contributed by atoms with van der Waals surface area (Å²) in [4.78, 5) is 6.76. The first kappa shape index (κ1) is 10.5. The van der Waals surface area contributed by atoms with E-state index < -0.39 is 0 Å². The molecule has 0 spiro atoms. The summed E-state index contributed by atoms with van der Waals surface area (Å²) in [5.41, 5.74) is 5.73. The summed E-state index contributed by atoms with van der Waals surface area (Å²) < 4.78 is 0. The molecule has 0 bridgehead atoms. The second kappa shape index (κ2) is 5.22. The average molecular weight is 183 g/mol. The highest BCUT2D eigenvalue weighted by molar-refractivity contribution is 5.80. The zero-order valence-electron chi connectivity index (χ0n) is 8.79. The molecule has 1 unspecified atom stereocenters. The lowest BCUT2D eigenvalue weighted by atomic mass is 10.1. The number of nitrogens with zero attached hydrogens (tertiary/aromatic N) is 2. The van der Waals surface area contributed by atoms with Crippen molar-refractivity contribution < 1.29 is 0 Å². The van der Waals surface area contributed by atoms with Crippen molar-refractivity contribution in [3.05, 3.63) is 0 Å². The van der Waals surface area contributed by atoms with Crippen LogP contribution in [-0.2, 0) is 0 Å². The highest BCUT2D eigenvalue weighted by Crippen LogP contribution is 2.14. The molecule has 0 amide bonds. The van der Waals surface area contributed by atoms with Crippen molar-refractivity contribution in [2.24, 2.45) is 16.6 Å². The minimum Gasteiger partial charge on any atom is -0.387 e. The molecule has 1 heterocycles. The van der Waals surface area contributed by atoms with Crippen LogP contribution >= 0.6 is 0 Å². The molecule has 0 aromatic heterocycles. The second-order valence-electron chi connectivity index (χ2n) is 4.00. The Hall–Kier alpha value is -0.570. The van der Waals surface area contributed by atoms with E-state index in [1.54, 1.807) is 0 Å². The molecule has 1 saturated heterocycles. The first-order chi connectivity index (χ1) is 6.22. The molecule has 1 rings (SSSR count). The van der Waals surface area contributed by atoms with Crippen LogP contribution in [0.25, 0.3) is 0 Å².